The van der Waals surface area contributed by atoms with Crippen LogP contribution < -0.4 is 11.1 Å². The third-order valence-electron chi connectivity index (χ3n) is 2.87. The number of imide groups is 1. The number of likely N-dealkylation sites (tertiary alicyclic amines) is 1. The molecular weight excluding hydrogens is 253 g/mol. The Kier molecular flexibility index (Phi) is 3.20. The molecule has 1 aromatic carbocycles. The van der Waals surface area contributed by atoms with Crippen LogP contribution in [0, 0.1) is 5.82 Å². The van der Waals surface area contributed by atoms with Gasteiger partial charge in [-0.05, 0) is 18.2 Å². The van der Waals surface area contributed by atoms with Gasteiger partial charge in [-0.3, -0.25) is 19.3 Å². The van der Waals surface area contributed by atoms with E-state index in [4.69, 9.17) is 5.73 Å². The van der Waals surface area contributed by atoms with Crippen LogP contribution in [0.5, 0.6) is 0 Å². The highest BCUT2D eigenvalue weighted by Gasteiger charge is 2.37. The van der Waals surface area contributed by atoms with Crippen molar-refractivity contribution in [1.29, 1.82) is 0 Å². The summed E-state index contributed by atoms with van der Waals surface area (Å²) < 4.78 is 13.1. The Morgan fingerprint density at radius 1 is 1.42 bits per heavy atom. The summed E-state index contributed by atoms with van der Waals surface area (Å²) in [5.74, 6) is -2.14. The van der Waals surface area contributed by atoms with Crippen molar-refractivity contribution in [2.24, 2.45) is 0 Å². The fourth-order valence-electron chi connectivity index (χ4n) is 1.85. The quantitative estimate of drug-likeness (QED) is 0.576. The number of anilines is 1. The summed E-state index contributed by atoms with van der Waals surface area (Å²) >= 11 is 0. The number of likely N-dealkylation sites (N-methyl/N-ethyl adjacent to an activating group) is 1. The van der Waals surface area contributed by atoms with E-state index in [0.29, 0.717) is 0 Å². The maximum absolute atomic E-state index is 13.1. The first kappa shape index (κ1) is 13.0. The van der Waals surface area contributed by atoms with Gasteiger partial charge in [-0.1, -0.05) is 0 Å². The molecule has 1 aromatic rings. The van der Waals surface area contributed by atoms with Crippen LogP contribution in [-0.4, -0.2) is 35.7 Å². The van der Waals surface area contributed by atoms with Gasteiger partial charge in [-0.2, -0.15) is 0 Å². The molecule has 1 unspecified atom stereocenters. The van der Waals surface area contributed by atoms with Gasteiger partial charge in [0.05, 0.1) is 6.42 Å². The van der Waals surface area contributed by atoms with Crippen molar-refractivity contribution in [1.82, 2.24) is 10.2 Å². The number of nitrogen functional groups attached to an aromatic ring is 1. The topological polar surface area (TPSA) is 92.5 Å². The minimum Gasteiger partial charge on any atom is -0.399 e. The molecule has 0 bridgehead atoms. The first-order valence-corrected chi connectivity index (χ1v) is 5.56. The van der Waals surface area contributed by atoms with Crippen LogP contribution >= 0.6 is 0 Å². The molecule has 2 rings (SSSR count). The van der Waals surface area contributed by atoms with Crippen LogP contribution in [0.3, 0.4) is 0 Å². The maximum Gasteiger partial charge on any atom is 0.252 e. The Balaban J connectivity index is 2.14. The second-order valence-electron chi connectivity index (χ2n) is 4.29. The van der Waals surface area contributed by atoms with Gasteiger partial charge in [0.15, 0.2) is 0 Å². The highest BCUT2D eigenvalue weighted by atomic mass is 19.1. The van der Waals surface area contributed by atoms with Gasteiger partial charge >= 0.3 is 0 Å². The zero-order chi connectivity index (χ0) is 14.2. The molecule has 0 aromatic heterocycles. The number of nitrogens with one attached hydrogen (secondary N) is 1. The largest absolute Gasteiger partial charge is 0.399 e. The summed E-state index contributed by atoms with van der Waals surface area (Å²) in [7, 11) is 1.34. The van der Waals surface area contributed by atoms with E-state index < -0.39 is 23.7 Å². The third-order valence-corrected chi connectivity index (χ3v) is 2.87. The zero-order valence-corrected chi connectivity index (χ0v) is 10.1. The van der Waals surface area contributed by atoms with Crippen LogP contribution in [0.25, 0.3) is 0 Å². The van der Waals surface area contributed by atoms with Crippen molar-refractivity contribution in [3.63, 3.8) is 0 Å². The van der Waals surface area contributed by atoms with Gasteiger partial charge in [0.2, 0.25) is 5.91 Å². The number of hydrogen-bond donors (Lipinski definition) is 2. The molecule has 19 heavy (non-hydrogen) atoms. The van der Waals surface area contributed by atoms with Gasteiger partial charge in [0, 0.05) is 18.3 Å². The molecule has 0 saturated carbocycles. The second kappa shape index (κ2) is 4.68. The fourth-order valence-corrected chi connectivity index (χ4v) is 1.85. The lowest BCUT2D eigenvalue weighted by Crippen LogP contribution is -2.40. The van der Waals surface area contributed by atoms with E-state index in [-0.39, 0.29) is 23.6 Å². The molecule has 0 radical (unpaired) electrons. The molecule has 0 aliphatic carbocycles. The third kappa shape index (κ3) is 2.54. The molecule has 1 aliphatic heterocycles. The lowest BCUT2D eigenvalue weighted by Gasteiger charge is -2.11. The number of rotatable bonds is 2. The standard InChI is InChI=1S/C12H12FN3O3/c1-16-10(17)5-9(12(16)19)15-11(18)6-2-7(13)4-8(14)3-6/h2-4,9H,5,14H2,1H3,(H,15,18). The number of hydrogen-bond acceptors (Lipinski definition) is 4. The second-order valence-corrected chi connectivity index (χ2v) is 4.29. The van der Waals surface area contributed by atoms with Crippen LogP contribution in [-0.2, 0) is 9.59 Å². The summed E-state index contributed by atoms with van der Waals surface area (Å²) in [6, 6.07) is 2.48. The molecule has 100 valence electrons. The molecule has 3 N–H and O–H groups in total. The highest BCUT2D eigenvalue weighted by Crippen LogP contribution is 2.14. The molecule has 1 atom stereocenters. The lowest BCUT2D eigenvalue weighted by atomic mass is 10.1. The van der Waals surface area contributed by atoms with Crippen LogP contribution in [0.1, 0.15) is 16.8 Å². The van der Waals surface area contributed by atoms with E-state index in [1.54, 1.807) is 0 Å². The first-order chi connectivity index (χ1) is 8.88. The van der Waals surface area contributed by atoms with Crippen LogP contribution in [0.2, 0.25) is 0 Å². The predicted molar refractivity (Wildman–Crippen MR) is 64.5 cm³/mol. The Bertz CT molecular complexity index is 553. The van der Waals surface area contributed by atoms with Crippen molar-refractivity contribution in [3.8, 4) is 0 Å². The average Bonchev–Trinajstić information content (AvgIpc) is 2.56. The molecule has 1 heterocycles. The molecular formula is C12H12FN3O3. The summed E-state index contributed by atoms with van der Waals surface area (Å²) in [6.45, 7) is 0. The molecule has 0 spiro atoms. The number of amides is 3. The SMILES string of the molecule is CN1C(=O)CC(NC(=O)c2cc(N)cc(F)c2)C1=O. The van der Waals surface area contributed by atoms with Crippen LogP contribution in [0.4, 0.5) is 10.1 Å². The van der Waals surface area contributed by atoms with Gasteiger partial charge < -0.3 is 11.1 Å². The van der Waals surface area contributed by atoms with E-state index in [2.05, 4.69) is 5.32 Å². The van der Waals surface area contributed by atoms with E-state index in [1.807, 2.05) is 0 Å². The molecule has 1 fully saturated rings. The maximum atomic E-state index is 13.1. The molecule has 6 nitrogen and oxygen atoms in total. The van der Waals surface area contributed by atoms with E-state index in [1.165, 1.54) is 13.1 Å². The summed E-state index contributed by atoms with van der Waals surface area (Å²) in [5, 5.41) is 2.39. The average molecular weight is 265 g/mol. The summed E-state index contributed by atoms with van der Waals surface area (Å²) in [6.07, 6.45) is -0.0914. The Hall–Kier alpha value is -2.44. The number of halogens is 1. The minimum atomic E-state index is -0.908. The van der Waals surface area contributed by atoms with Gasteiger partial charge in [0.1, 0.15) is 11.9 Å². The van der Waals surface area contributed by atoms with Gasteiger partial charge in [-0.25, -0.2) is 4.39 Å². The number of carbonyl (C=O) groups excluding carboxylic acids is 3. The Morgan fingerprint density at radius 3 is 2.63 bits per heavy atom. The smallest absolute Gasteiger partial charge is 0.252 e. The first-order valence-electron chi connectivity index (χ1n) is 5.56. The predicted octanol–water partition coefficient (Wildman–Crippen LogP) is -0.105. The highest BCUT2D eigenvalue weighted by molar-refractivity contribution is 6.08. The summed E-state index contributed by atoms with van der Waals surface area (Å²) in [5.41, 5.74) is 5.54. The zero-order valence-electron chi connectivity index (χ0n) is 10.1. The van der Waals surface area contributed by atoms with Gasteiger partial charge in [0.25, 0.3) is 11.8 Å². The number of benzene rings is 1. The van der Waals surface area contributed by atoms with Crippen molar-refractivity contribution in [3.05, 3.63) is 29.6 Å². The normalized spacial score (nSPS) is 18.8. The van der Waals surface area contributed by atoms with Gasteiger partial charge in [-0.15, -0.1) is 0 Å². The van der Waals surface area contributed by atoms with Crippen molar-refractivity contribution in [2.75, 3.05) is 12.8 Å². The van der Waals surface area contributed by atoms with E-state index in [9.17, 15) is 18.8 Å². The Labute approximate surface area is 108 Å². The number of nitrogens with zero attached hydrogens (tertiary/aromatic N) is 1. The van der Waals surface area contributed by atoms with Crippen molar-refractivity contribution in [2.45, 2.75) is 12.5 Å². The van der Waals surface area contributed by atoms with E-state index in [0.717, 1.165) is 17.0 Å². The molecule has 7 heteroatoms. The summed E-state index contributed by atoms with van der Waals surface area (Å²) in [4.78, 5) is 35.7. The number of carbonyl (C=O) groups is 3. The van der Waals surface area contributed by atoms with Crippen LogP contribution in [0.15, 0.2) is 18.2 Å². The van der Waals surface area contributed by atoms with Crippen molar-refractivity contribution >= 4 is 23.4 Å². The fraction of sp³-hybridized carbons (Fsp3) is 0.250. The Morgan fingerprint density at radius 2 is 2.11 bits per heavy atom. The minimum absolute atomic E-state index is 0.00676. The lowest BCUT2D eigenvalue weighted by molar-refractivity contribution is -0.137. The van der Waals surface area contributed by atoms with E-state index >= 15 is 0 Å². The van der Waals surface area contributed by atoms with Crippen molar-refractivity contribution < 1.29 is 18.8 Å². The number of nitrogens with two attached hydrogens (primary N) is 1. The molecule has 3 amide bonds. The molecule has 1 aliphatic rings. The monoisotopic (exact) mass is 265 g/mol. The molecule has 1 saturated heterocycles.